The van der Waals surface area contributed by atoms with Crippen molar-refractivity contribution in [2.24, 2.45) is 0 Å². The Morgan fingerprint density at radius 1 is 0.944 bits per heavy atom. The Balaban J connectivity index is 1.40. The zero-order valence-corrected chi connectivity index (χ0v) is 20.7. The molecule has 7 heteroatoms. The fourth-order valence-corrected chi connectivity index (χ4v) is 5.20. The van der Waals surface area contributed by atoms with E-state index in [1.807, 2.05) is 24.3 Å². The van der Waals surface area contributed by atoms with Crippen molar-refractivity contribution in [3.8, 4) is 28.3 Å². The van der Waals surface area contributed by atoms with Gasteiger partial charge in [-0.15, -0.1) is 0 Å². The van der Waals surface area contributed by atoms with Gasteiger partial charge in [0.15, 0.2) is 0 Å². The minimum Gasteiger partial charge on any atom is -0.497 e. The molecule has 0 spiro atoms. The number of methoxy groups -OCH3 is 1. The maximum Gasteiger partial charge on any atom is 0.407 e. The molecule has 7 nitrogen and oxygen atoms in total. The predicted octanol–water partition coefficient (Wildman–Crippen LogP) is 5.45. The van der Waals surface area contributed by atoms with Gasteiger partial charge < -0.3 is 25.4 Å². The second-order valence-corrected chi connectivity index (χ2v) is 9.69. The molecule has 0 saturated carbocycles. The number of aromatic nitrogens is 1. The number of likely N-dealkylation sites (tertiary alicyclic amines) is 1. The topological polar surface area (TPSA) is 86.7 Å². The van der Waals surface area contributed by atoms with Crippen molar-refractivity contribution < 1.29 is 14.6 Å². The average Bonchev–Trinajstić information content (AvgIpc) is 2.93. The number of carboxylic acid groups (broad SMARTS) is 1. The molecule has 0 unspecified atom stereocenters. The Bertz CT molecular complexity index is 1170. The molecule has 188 valence electrons. The van der Waals surface area contributed by atoms with Gasteiger partial charge in [0.25, 0.3) is 0 Å². The minimum absolute atomic E-state index is 0.394. The molecule has 0 bridgehead atoms. The van der Waals surface area contributed by atoms with E-state index in [1.54, 1.807) is 7.11 Å². The average molecular weight is 487 g/mol. The number of pyridine rings is 1. The van der Waals surface area contributed by atoms with Crippen LogP contribution in [-0.2, 0) is 0 Å². The van der Waals surface area contributed by atoms with Crippen molar-refractivity contribution in [1.29, 1.82) is 0 Å². The molecule has 1 amide bonds. The highest BCUT2D eigenvalue weighted by Gasteiger charge is 2.23. The summed E-state index contributed by atoms with van der Waals surface area (Å²) in [7, 11) is 1.67. The molecule has 2 aromatic carbocycles. The molecule has 0 radical (unpaired) electrons. The van der Waals surface area contributed by atoms with E-state index in [0.29, 0.717) is 25.0 Å². The number of carbonyl (C=O) groups is 1. The first-order valence-corrected chi connectivity index (χ1v) is 12.8. The number of hydrogen-bond donors (Lipinski definition) is 3. The second-order valence-electron chi connectivity index (χ2n) is 9.69. The highest BCUT2D eigenvalue weighted by Crippen LogP contribution is 2.32. The summed E-state index contributed by atoms with van der Waals surface area (Å²) in [5, 5.41) is 16.4. The van der Waals surface area contributed by atoms with E-state index in [9.17, 15) is 9.90 Å². The summed E-state index contributed by atoms with van der Waals surface area (Å²) in [6.07, 6.45) is 3.11. The first-order chi connectivity index (χ1) is 17.6. The number of piperidine rings is 2. The van der Waals surface area contributed by atoms with Crippen molar-refractivity contribution in [2.45, 2.75) is 37.6 Å². The van der Waals surface area contributed by atoms with E-state index >= 15 is 0 Å². The molecule has 0 aliphatic carbocycles. The van der Waals surface area contributed by atoms with Crippen LogP contribution in [0, 0.1) is 0 Å². The summed E-state index contributed by atoms with van der Waals surface area (Å²) in [6, 6.07) is 21.4. The molecule has 0 atom stereocenters. The van der Waals surface area contributed by atoms with Gasteiger partial charge in [-0.05, 0) is 86.7 Å². The van der Waals surface area contributed by atoms with Crippen molar-refractivity contribution in [1.82, 2.24) is 15.2 Å². The SMILES string of the molecule is COc1ccc(-c2cc(NC3CCNCC3)cc(-c3ccc(C4CCN(C(=O)O)CC4)cc3)n2)cc1. The summed E-state index contributed by atoms with van der Waals surface area (Å²) < 4.78 is 5.33. The fourth-order valence-electron chi connectivity index (χ4n) is 5.20. The van der Waals surface area contributed by atoms with Gasteiger partial charge in [-0.25, -0.2) is 9.78 Å². The van der Waals surface area contributed by atoms with Crippen LogP contribution >= 0.6 is 0 Å². The number of nitrogens with zero attached hydrogens (tertiary/aromatic N) is 2. The van der Waals surface area contributed by atoms with Crippen molar-refractivity contribution in [3.63, 3.8) is 0 Å². The van der Waals surface area contributed by atoms with Crippen LogP contribution in [0.5, 0.6) is 5.75 Å². The van der Waals surface area contributed by atoms with Crippen molar-refractivity contribution in [3.05, 3.63) is 66.2 Å². The van der Waals surface area contributed by atoms with Gasteiger partial charge in [0.05, 0.1) is 18.5 Å². The van der Waals surface area contributed by atoms with E-state index in [0.717, 1.165) is 72.7 Å². The Labute approximate surface area is 212 Å². The number of ether oxygens (including phenoxy) is 1. The van der Waals surface area contributed by atoms with Crippen molar-refractivity contribution in [2.75, 3.05) is 38.6 Å². The number of hydrogen-bond acceptors (Lipinski definition) is 5. The van der Waals surface area contributed by atoms with Gasteiger partial charge in [0.1, 0.15) is 5.75 Å². The normalized spacial score (nSPS) is 17.1. The van der Waals surface area contributed by atoms with Gasteiger partial charge in [-0.1, -0.05) is 24.3 Å². The molecular weight excluding hydrogens is 452 g/mol. The van der Waals surface area contributed by atoms with E-state index < -0.39 is 6.09 Å². The van der Waals surface area contributed by atoms with Gasteiger partial charge >= 0.3 is 6.09 Å². The second kappa shape index (κ2) is 11.0. The third kappa shape index (κ3) is 5.62. The lowest BCUT2D eigenvalue weighted by molar-refractivity contribution is 0.132. The number of rotatable bonds is 6. The van der Waals surface area contributed by atoms with Crippen LogP contribution in [0.2, 0.25) is 0 Å². The van der Waals surface area contributed by atoms with Crippen molar-refractivity contribution >= 4 is 11.8 Å². The Hall–Kier alpha value is -3.58. The van der Waals surface area contributed by atoms with Crippen LogP contribution in [-0.4, -0.2) is 60.4 Å². The monoisotopic (exact) mass is 486 g/mol. The van der Waals surface area contributed by atoms with Crippen LogP contribution < -0.4 is 15.4 Å². The van der Waals surface area contributed by atoms with E-state index in [2.05, 4.69) is 47.0 Å². The first-order valence-electron chi connectivity index (χ1n) is 12.8. The van der Waals surface area contributed by atoms with Gasteiger partial charge in [0, 0.05) is 35.9 Å². The summed E-state index contributed by atoms with van der Waals surface area (Å²) in [4.78, 5) is 17.8. The zero-order valence-electron chi connectivity index (χ0n) is 20.7. The Morgan fingerprint density at radius 2 is 1.53 bits per heavy atom. The highest BCUT2D eigenvalue weighted by atomic mass is 16.5. The summed E-state index contributed by atoms with van der Waals surface area (Å²) in [5.41, 5.74) is 6.34. The smallest absolute Gasteiger partial charge is 0.407 e. The number of anilines is 1. The molecule has 2 aliphatic rings. The van der Waals surface area contributed by atoms with Crippen LogP contribution in [0.4, 0.5) is 10.5 Å². The number of benzene rings is 2. The Kier molecular flexibility index (Phi) is 7.37. The third-order valence-electron chi connectivity index (χ3n) is 7.36. The quantitative estimate of drug-likeness (QED) is 0.430. The van der Waals surface area contributed by atoms with E-state index in [-0.39, 0.29) is 0 Å². The molecule has 5 rings (SSSR count). The molecular formula is C29H34N4O3. The Morgan fingerprint density at radius 3 is 2.08 bits per heavy atom. The lowest BCUT2D eigenvalue weighted by atomic mass is 9.89. The van der Waals surface area contributed by atoms with Crippen LogP contribution in [0.3, 0.4) is 0 Å². The fraction of sp³-hybridized carbons (Fsp3) is 0.379. The van der Waals surface area contributed by atoms with Gasteiger partial charge in [0.2, 0.25) is 0 Å². The third-order valence-corrected chi connectivity index (χ3v) is 7.36. The molecule has 2 aliphatic heterocycles. The lowest BCUT2D eigenvalue weighted by Crippen LogP contribution is -2.36. The van der Waals surface area contributed by atoms with Crippen LogP contribution in [0.1, 0.15) is 37.2 Å². The van der Waals surface area contributed by atoms with E-state index in [4.69, 9.17) is 9.72 Å². The summed E-state index contributed by atoms with van der Waals surface area (Å²) in [5.74, 6) is 1.22. The molecule has 3 heterocycles. The van der Waals surface area contributed by atoms with E-state index in [1.165, 1.54) is 10.5 Å². The van der Waals surface area contributed by atoms with Crippen LogP contribution in [0.15, 0.2) is 60.7 Å². The highest BCUT2D eigenvalue weighted by molar-refractivity contribution is 5.72. The summed E-state index contributed by atoms with van der Waals surface area (Å²) in [6.45, 7) is 3.26. The van der Waals surface area contributed by atoms with Crippen LogP contribution in [0.25, 0.3) is 22.5 Å². The molecule has 1 aromatic heterocycles. The number of nitrogens with one attached hydrogen (secondary N) is 2. The lowest BCUT2D eigenvalue weighted by Gasteiger charge is -2.30. The predicted molar refractivity (Wildman–Crippen MR) is 143 cm³/mol. The minimum atomic E-state index is -0.819. The molecule has 36 heavy (non-hydrogen) atoms. The van der Waals surface area contributed by atoms with Gasteiger partial charge in [-0.3, -0.25) is 0 Å². The molecule has 3 N–H and O–H groups in total. The maximum absolute atomic E-state index is 11.2. The first kappa shape index (κ1) is 24.1. The van der Waals surface area contributed by atoms with Gasteiger partial charge in [-0.2, -0.15) is 0 Å². The number of amides is 1. The largest absolute Gasteiger partial charge is 0.497 e. The molecule has 2 fully saturated rings. The standard InChI is InChI=1S/C29H34N4O3/c1-36-26-8-6-23(7-9-26)28-19-25(31-24-10-14-30-15-11-24)18-27(32-28)22-4-2-20(3-5-22)21-12-16-33(17-13-21)29(34)35/h2-9,18-19,21,24,30H,10-17H2,1H3,(H,31,32)(H,34,35). The zero-order chi connectivity index (χ0) is 24.9. The molecule has 2 saturated heterocycles. The molecule has 3 aromatic rings. The summed E-state index contributed by atoms with van der Waals surface area (Å²) >= 11 is 0. The maximum atomic E-state index is 11.2.